The SMILES string of the molecule is CN(CCCc1cc(-c2cccc(F)c2)n[nH]1)C(=O)C1CCCN1C(=O)OC(C)(C)C. The van der Waals surface area contributed by atoms with Gasteiger partial charge in [-0.25, -0.2) is 9.18 Å². The fourth-order valence-corrected chi connectivity index (χ4v) is 3.72. The predicted molar refractivity (Wildman–Crippen MR) is 116 cm³/mol. The van der Waals surface area contributed by atoms with Crippen molar-refractivity contribution in [3.05, 3.63) is 41.8 Å². The Balaban J connectivity index is 1.51. The number of nitrogens with zero attached hydrogens (tertiary/aromatic N) is 3. The zero-order valence-corrected chi connectivity index (χ0v) is 18.7. The summed E-state index contributed by atoms with van der Waals surface area (Å²) in [6, 6.07) is 7.75. The molecule has 2 heterocycles. The maximum absolute atomic E-state index is 13.4. The van der Waals surface area contributed by atoms with Crippen LogP contribution in [-0.2, 0) is 16.0 Å². The molecule has 8 heteroatoms. The van der Waals surface area contributed by atoms with Gasteiger partial charge in [0.05, 0.1) is 5.69 Å². The number of likely N-dealkylation sites (N-methyl/N-ethyl adjacent to an activating group) is 1. The second-order valence-corrected chi connectivity index (χ2v) is 8.98. The van der Waals surface area contributed by atoms with Crippen LogP contribution in [-0.4, -0.2) is 63.8 Å². The molecule has 1 aliphatic rings. The number of aromatic amines is 1. The fraction of sp³-hybridized carbons (Fsp3) is 0.522. The van der Waals surface area contributed by atoms with Gasteiger partial charge in [-0.3, -0.25) is 14.8 Å². The van der Waals surface area contributed by atoms with E-state index in [4.69, 9.17) is 4.74 Å². The number of ether oxygens (including phenoxy) is 1. The van der Waals surface area contributed by atoms with Gasteiger partial charge in [0.25, 0.3) is 0 Å². The normalized spacial score (nSPS) is 16.4. The van der Waals surface area contributed by atoms with Crippen molar-refractivity contribution in [1.29, 1.82) is 0 Å². The van der Waals surface area contributed by atoms with Crippen LogP contribution in [0.1, 0.15) is 45.7 Å². The number of benzene rings is 1. The first-order valence-electron chi connectivity index (χ1n) is 10.7. The van der Waals surface area contributed by atoms with Gasteiger partial charge in [-0.2, -0.15) is 5.10 Å². The molecule has 1 unspecified atom stereocenters. The van der Waals surface area contributed by atoms with E-state index < -0.39 is 17.7 Å². The van der Waals surface area contributed by atoms with Crippen LogP contribution in [0.3, 0.4) is 0 Å². The molecule has 168 valence electrons. The third-order valence-electron chi connectivity index (χ3n) is 5.23. The van der Waals surface area contributed by atoms with E-state index in [2.05, 4.69) is 10.2 Å². The largest absolute Gasteiger partial charge is 0.444 e. The van der Waals surface area contributed by atoms with Crippen molar-refractivity contribution in [2.75, 3.05) is 20.1 Å². The zero-order valence-electron chi connectivity index (χ0n) is 18.7. The Labute approximate surface area is 182 Å². The highest BCUT2D eigenvalue weighted by molar-refractivity contribution is 5.86. The molecule has 1 fully saturated rings. The van der Waals surface area contributed by atoms with E-state index >= 15 is 0 Å². The Bertz CT molecular complexity index is 922. The molecule has 31 heavy (non-hydrogen) atoms. The molecule has 2 amide bonds. The standard InChI is InChI=1S/C23H31FN4O3/c1-23(2,3)31-22(30)28-13-7-11-20(28)21(29)27(4)12-6-10-18-15-19(26-25-18)16-8-5-9-17(24)14-16/h5,8-9,14-15,20H,6-7,10-13H2,1-4H3,(H,25,26). The van der Waals surface area contributed by atoms with Crippen LogP contribution in [0.4, 0.5) is 9.18 Å². The lowest BCUT2D eigenvalue weighted by molar-refractivity contribution is -0.134. The smallest absolute Gasteiger partial charge is 0.410 e. The van der Waals surface area contributed by atoms with Gasteiger partial charge in [-0.15, -0.1) is 0 Å². The molecule has 1 saturated heterocycles. The van der Waals surface area contributed by atoms with Crippen LogP contribution in [0, 0.1) is 5.82 Å². The van der Waals surface area contributed by atoms with E-state index in [-0.39, 0.29) is 11.7 Å². The number of likely N-dealkylation sites (tertiary alicyclic amines) is 1. The Morgan fingerprint density at radius 3 is 2.81 bits per heavy atom. The molecule has 0 saturated carbocycles. The molecule has 1 aromatic carbocycles. The summed E-state index contributed by atoms with van der Waals surface area (Å²) >= 11 is 0. The number of aryl methyl sites for hydroxylation is 1. The maximum Gasteiger partial charge on any atom is 0.410 e. The van der Waals surface area contributed by atoms with Crippen molar-refractivity contribution < 1.29 is 18.7 Å². The molecule has 0 spiro atoms. The third kappa shape index (κ3) is 6.06. The minimum atomic E-state index is -0.590. The van der Waals surface area contributed by atoms with E-state index in [1.54, 1.807) is 22.9 Å². The van der Waals surface area contributed by atoms with Gasteiger partial charge in [0, 0.05) is 31.4 Å². The topological polar surface area (TPSA) is 78.5 Å². The van der Waals surface area contributed by atoms with Gasteiger partial charge in [0.15, 0.2) is 0 Å². The van der Waals surface area contributed by atoms with Crippen LogP contribution in [0.15, 0.2) is 30.3 Å². The first-order valence-corrected chi connectivity index (χ1v) is 10.7. The van der Waals surface area contributed by atoms with Crippen molar-refractivity contribution in [2.24, 2.45) is 0 Å². The van der Waals surface area contributed by atoms with E-state index in [0.29, 0.717) is 31.6 Å². The van der Waals surface area contributed by atoms with Crippen molar-refractivity contribution in [2.45, 2.75) is 58.1 Å². The summed E-state index contributed by atoms with van der Waals surface area (Å²) < 4.78 is 18.9. The van der Waals surface area contributed by atoms with E-state index in [1.165, 1.54) is 12.1 Å². The van der Waals surface area contributed by atoms with E-state index in [9.17, 15) is 14.0 Å². The van der Waals surface area contributed by atoms with Crippen molar-refractivity contribution >= 4 is 12.0 Å². The highest BCUT2D eigenvalue weighted by Gasteiger charge is 2.37. The first-order chi connectivity index (χ1) is 14.6. The van der Waals surface area contributed by atoms with Crippen LogP contribution in [0.25, 0.3) is 11.3 Å². The number of carbonyl (C=O) groups excluding carboxylic acids is 2. The quantitative estimate of drug-likeness (QED) is 0.751. The van der Waals surface area contributed by atoms with Crippen LogP contribution in [0.2, 0.25) is 0 Å². The van der Waals surface area contributed by atoms with Crippen LogP contribution >= 0.6 is 0 Å². The third-order valence-corrected chi connectivity index (χ3v) is 5.23. The van der Waals surface area contributed by atoms with Gasteiger partial charge in [-0.1, -0.05) is 12.1 Å². The number of nitrogens with one attached hydrogen (secondary N) is 1. The minimum Gasteiger partial charge on any atom is -0.444 e. The molecular formula is C23H31FN4O3. The van der Waals surface area contributed by atoms with Gasteiger partial charge in [-0.05, 0) is 64.7 Å². The summed E-state index contributed by atoms with van der Waals surface area (Å²) in [6.45, 7) is 6.55. The van der Waals surface area contributed by atoms with Gasteiger partial charge < -0.3 is 9.64 Å². The summed E-state index contributed by atoms with van der Waals surface area (Å²) in [5, 5.41) is 7.23. The average molecular weight is 431 g/mol. The second-order valence-electron chi connectivity index (χ2n) is 8.98. The van der Waals surface area contributed by atoms with Crippen LogP contribution < -0.4 is 0 Å². The highest BCUT2D eigenvalue weighted by atomic mass is 19.1. The lowest BCUT2D eigenvalue weighted by Crippen LogP contribution is -2.48. The van der Waals surface area contributed by atoms with Crippen molar-refractivity contribution in [1.82, 2.24) is 20.0 Å². The van der Waals surface area contributed by atoms with Crippen molar-refractivity contribution in [3.8, 4) is 11.3 Å². The monoisotopic (exact) mass is 430 g/mol. The summed E-state index contributed by atoms with van der Waals surface area (Å²) in [5.41, 5.74) is 1.75. The van der Waals surface area contributed by atoms with E-state index in [0.717, 1.165) is 24.1 Å². The molecule has 0 aliphatic carbocycles. The molecule has 7 nitrogen and oxygen atoms in total. The molecular weight excluding hydrogens is 399 g/mol. The lowest BCUT2D eigenvalue weighted by Gasteiger charge is -2.30. The van der Waals surface area contributed by atoms with Gasteiger partial charge in [0.1, 0.15) is 17.5 Å². The Hall–Kier alpha value is -2.90. The molecule has 0 bridgehead atoms. The summed E-state index contributed by atoms with van der Waals surface area (Å²) in [7, 11) is 1.76. The number of hydrogen-bond donors (Lipinski definition) is 1. The molecule has 1 atom stereocenters. The lowest BCUT2D eigenvalue weighted by atomic mass is 10.1. The zero-order chi connectivity index (χ0) is 22.6. The minimum absolute atomic E-state index is 0.0616. The Morgan fingerprint density at radius 1 is 1.32 bits per heavy atom. The van der Waals surface area contributed by atoms with Crippen molar-refractivity contribution in [3.63, 3.8) is 0 Å². The molecule has 3 rings (SSSR count). The number of rotatable bonds is 6. The Kier molecular flexibility index (Phi) is 6.97. The first kappa shape index (κ1) is 22.8. The highest BCUT2D eigenvalue weighted by Crippen LogP contribution is 2.23. The summed E-state index contributed by atoms with van der Waals surface area (Å²) in [4.78, 5) is 28.6. The summed E-state index contributed by atoms with van der Waals surface area (Å²) in [5.74, 6) is -0.358. The predicted octanol–water partition coefficient (Wildman–Crippen LogP) is 4.01. The summed E-state index contributed by atoms with van der Waals surface area (Å²) in [6.07, 6.45) is 2.46. The molecule has 1 aromatic heterocycles. The van der Waals surface area contributed by atoms with Crippen LogP contribution in [0.5, 0.6) is 0 Å². The Morgan fingerprint density at radius 2 is 2.10 bits per heavy atom. The molecule has 1 aliphatic heterocycles. The number of amides is 2. The fourth-order valence-electron chi connectivity index (χ4n) is 3.72. The average Bonchev–Trinajstić information content (AvgIpc) is 3.36. The molecule has 0 radical (unpaired) electrons. The number of carbonyl (C=O) groups is 2. The van der Waals surface area contributed by atoms with Gasteiger partial charge in [0.2, 0.25) is 5.91 Å². The number of hydrogen-bond acceptors (Lipinski definition) is 4. The number of aromatic nitrogens is 2. The number of H-pyrrole nitrogens is 1. The molecule has 2 aromatic rings. The maximum atomic E-state index is 13.4. The second kappa shape index (κ2) is 9.49. The number of halogens is 1. The van der Waals surface area contributed by atoms with Gasteiger partial charge >= 0.3 is 6.09 Å². The molecule has 1 N–H and O–H groups in total. The van der Waals surface area contributed by atoms with E-state index in [1.807, 2.05) is 32.9 Å².